The Morgan fingerprint density at radius 3 is 2.34 bits per heavy atom. The van der Waals surface area contributed by atoms with E-state index in [1.807, 2.05) is 62.4 Å². The summed E-state index contributed by atoms with van der Waals surface area (Å²) in [5, 5.41) is 5.65. The number of aryl methyl sites for hydroxylation is 1. The number of benzene rings is 2. The Bertz CT molecular complexity index is 927. The van der Waals surface area contributed by atoms with Gasteiger partial charge in [0.2, 0.25) is 5.91 Å². The standard InChI is InChI=1S/C22H24BrN3O3/c1-4-18(15-7-11-17(23)12-8-15)24-19(27)13-26-20(28)22(3,25-21(26)29)16-9-5-14(2)6-10-16/h5-12,18H,4,13H2,1-3H3,(H,24,27)(H,25,29). The van der Waals surface area contributed by atoms with Gasteiger partial charge in [0.1, 0.15) is 12.1 Å². The molecular formula is C22H24BrN3O3. The minimum absolute atomic E-state index is 0.195. The molecule has 2 aromatic carbocycles. The minimum Gasteiger partial charge on any atom is -0.348 e. The Morgan fingerprint density at radius 2 is 1.76 bits per heavy atom. The van der Waals surface area contributed by atoms with Crippen LogP contribution in [0.25, 0.3) is 0 Å². The number of amides is 4. The van der Waals surface area contributed by atoms with E-state index in [4.69, 9.17) is 0 Å². The fourth-order valence-corrected chi connectivity index (χ4v) is 3.69. The molecule has 1 aliphatic heterocycles. The zero-order chi connectivity index (χ0) is 21.2. The summed E-state index contributed by atoms with van der Waals surface area (Å²) in [5.41, 5.74) is 1.53. The van der Waals surface area contributed by atoms with Crippen LogP contribution in [0.3, 0.4) is 0 Å². The molecule has 2 aromatic rings. The van der Waals surface area contributed by atoms with Gasteiger partial charge in [0.25, 0.3) is 5.91 Å². The third-order valence-electron chi connectivity index (χ3n) is 5.22. The van der Waals surface area contributed by atoms with Crippen LogP contribution < -0.4 is 10.6 Å². The number of hydrogen-bond acceptors (Lipinski definition) is 3. The van der Waals surface area contributed by atoms with Gasteiger partial charge in [0.15, 0.2) is 0 Å². The number of hydrogen-bond donors (Lipinski definition) is 2. The predicted octanol–water partition coefficient (Wildman–Crippen LogP) is 3.79. The smallest absolute Gasteiger partial charge is 0.325 e. The lowest BCUT2D eigenvalue weighted by Crippen LogP contribution is -2.43. The summed E-state index contributed by atoms with van der Waals surface area (Å²) in [4.78, 5) is 39.0. The maximum atomic E-state index is 13.0. The van der Waals surface area contributed by atoms with E-state index in [9.17, 15) is 14.4 Å². The number of urea groups is 1. The number of rotatable bonds is 6. The highest BCUT2D eigenvalue weighted by Gasteiger charge is 2.49. The van der Waals surface area contributed by atoms with Crippen LogP contribution in [0.4, 0.5) is 4.79 Å². The first kappa shape index (κ1) is 21.0. The summed E-state index contributed by atoms with van der Waals surface area (Å²) in [5.74, 6) is -0.811. The molecule has 3 rings (SSSR count). The third-order valence-corrected chi connectivity index (χ3v) is 5.75. The van der Waals surface area contributed by atoms with Gasteiger partial charge in [-0.05, 0) is 43.5 Å². The molecule has 1 heterocycles. The predicted molar refractivity (Wildman–Crippen MR) is 114 cm³/mol. The zero-order valence-electron chi connectivity index (χ0n) is 16.7. The van der Waals surface area contributed by atoms with Crippen LogP contribution in [0.15, 0.2) is 53.0 Å². The number of nitrogens with one attached hydrogen (secondary N) is 2. The Morgan fingerprint density at radius 1 is 1.14 bits per heavy atom. The van der Waals surface area contributed by atoms with Crippen molar-refractivity contribution < 1.29 is 14.4 Å². The Hall–Kier alpha value is -2.67. The van der Waals surface area contributed by atoms with Crippen LogP contribution in [0.5, 0.6) is 0 Å². The van der Waals surface area contributed by atoms with Gasteiger partial charge >= 0.3 is 6.03 Å². The summed E-state index contributed by atoms with van der Waals surface area (Å²) < 4.78 is 0.956. The van der Waals surface area contributed by atoms with E-state index in [0.717, 1.165) is 20.5 Å². The highest BCUT2D eigenvalue weighted by molar-refractivity contribution is 9.10. The average molecular weight is 458 g/mol. The van der Waals surface area contributed by atoms with Crippen LogP contribution in [0, 0.1) is 6.92 Å². The summed E-state index contributed by atoms with van der Waals surface area (Å²) >= 11 is 3.40. The van der Waals surface area contributed by atoms with Crippen LogP contribution in [-0.2, 0) is 15.1 Å². The lowest BCUT2D eigenvalue weighted by molar-refractivity contribution is -0.135. The largest absolute Gasteiger partial charge is 0.348 e. The number of nitrogens with zero attached hydrogens (tertiary/aromatic N) is 1. The van der Waals surface area contributed by atoms with E-state index in [2.05, 4.69) is 26.6 Å². The molecule has 6 nitrogen and oxygen atoms in total. The second-order valence-electron chi connectivity index (χ2n) is 7.39. The highest BCUT2D eigenvalue weighted by Crippen LogP contribution is 2.29. The van der Waals surface area contributed by atoms with Gasteiger partial charge in [0.05, 0.1) is 6.04 Å². The maximum Gasteiger partial charge on any atom is 0.325 e. The second-order valence-corrected chi connectivity index (χ2v) is 8.31. The summed E-state index contributed by atoms with van der Waals surface area (Å²) in [6.07, 6.45) is 0.689. The minimum atomic E-state index is -1.18. The summed E-state index contributed by atoms with van der Waals surface area (Å²) in [6, 6.07) is 14.3. The van der Waals surface area contributed by atoms with Gasteiger partial charge < -0.3 is 10.6 Å². The van der Waals surface area contributed by atoms with Crippen molar-refractivity contribution in [1.82, 2.24) is 15.5 Å². The Labute approximate surface area is 178 Å². The Balaban J connectivity index is 1.71. The van der Waals surface area contributed by atoms with Gasteiger partial charge in [-0.2, -0.15) is 0 Å². The lowest BCUT2D eigenvalue weighted by Gasteiger charge is -2.23. The molecule has 152 valence electrons. The molecule has 1 saturated heterocycles. The molecule has 0 spiro atoms. The topological polar surface area (TPSA) is 78.5 Å². The number of imide groups is 1. The number of carbonyl (C=O) groups excluding carboxylic acids is 3. The molecule has 2 atom stereocenters. The van der Waals surface area contributed by atoms with Crippen molar-refractivity contribution in [2.45, 2.75) is 38.8 Å². The molecule has 1 fully saturated rings. The van der Waals surface area contributed by atoms with Crippen LogP contribution in [0.1, 0.15) is 43.0 Å². The van der Waals surface area contributed by atoms with E-state index < -0.39 is 17.5 Å². The normalized spacial score (nSPS) is 19.8. The van der Waals surface area contributed by atoms with E-state index in [1.165, 1.54) is 0 Å². The zero-order valence-corrected chi connectivity index (χ0v) is 18.2. The molecule has 0 radical (unpaired) electrons. The molecule has 1 aliphatic rings. The van der Waals surface area contributed by atoms with Crippen molar-refractivity contribution in [3.63, 3.8) is 0 Å². The second kappa shape index (κ2) is 8.37. The summed E-state index contributed by atoms with van der Waals surface area (Å²) in [6.45, 7) is 5.26. The van der Waals surface area contributed by atoms with Crippen molar-refractivity contribution in [2.24, 2.45) is 0 Å². The molecular weight excluding hydrogens is 434 g/mol. The van der Waals surface area contributed by atoms with Crippen molar-refractivity contribution in [2.75, 3.05) is 6.54 Å². The first-order chi connectivity index (χ1) is 13.7. The van der Waals surface area contributed by atoms with Crippen molar-refractivity contribution in [3.05, 3.63) is 69.7 Å². The van der Waals surface area contributed by atoms with E-state index in [1.54, 1.807) is 6.92 Å². The van der Waals surface area contributed by atoms with Gasteiger partial charge in [-0.15, -0.1) is 0 Å². The quantitative estimate of drug-likeness (QED) is 0.647. The fraction of sp³-hybridized carbons (Fsp3) is 0.318. The average Bonchev–Trinajstić information content (AvgIpc) is 2.91. The lowest BCUT2D eigenvalue weighted by atomic mass is 9.91. The summed E-state index contributed by atoms with van der Waals surface area (Å²) in [7, 11) is 0. The molecule has 2 unspecified atom stereocenters. The number of halogens is 1. The van der Waals surface area contributed by atoms with Crippen LogP contribution in [-0.4, -0.2) is 29.3 Å². The Kier molecular flexibility index (Phi) is 6.07. The molecule has 0 saturated carbocycles. The van der Waals surface area contributed by atoms with E-state index >= 15 is 0 Å². The van der Waals surface area contributed by atoms with Gasteiger partial charge in [0, 0.05) is 4.47 Å². The van der Waals surface area contributed by atoms with Crippen molar-refractivity contribution in [1.29, 1.82) is 0 Å². The molecule has 29 heavy (non-hydrogen) atoms. The van der Waals surface area contributed by atoms with E-state index in [-0.39, 0.29) is 18.5 Å². The monoisotopic (exact) mass is 457 g/mol. The van der Waals surface area contributed by atoms with Gasteiger partial charge in [-0.1, -0.05) is 64.8 Å². The third kappa shape index (κ3) is 4.34. The van der Waals surface area contributed by atoms with E-state index in [0.29, 0.717) is 12.0 Å². The molecule has 0 bridgehead atoms. The highest BCUT2D eigenvalue weighted by atomic mass is 79.9. The SMILES string of the molecule is CCC(NC(=O)CN1C(=O)NC(C)(c2ccc(C)cc2)C1=O)c1ccc(Br)cc1. The van der Waals surface area contributed by atoms with Crippen LogP contribution in [0.2, 0.25) is 0 Å². The molecule has 7 heteroatoms. The van der Waals surface area contributed by atoms with Crippen molar-refractivity contribution in [3.8, 4) is 0 Å². The molecule has 0 aromatic heterocycles. The van der Waals surface area contributed by atoms with Crippen molar-refractivity contribution >= 4 is 33.8 Å². The fourth-order valence-electron chi connectivity index (χ4n) is 3.42. The number of carbonyl (C=O) groups is 3. The van der Waals surface area contributed by atoms with Gasteiger partial charge in [-0.3, -0.25) is 14.5 Å². The molecule has 4 amide bonds. The first-order valence-electron chi connectivity index (χ1n) is 9.50. The molecule has 0 aliphatic carbocycles. The van der Waals surface area contributed by atoms with Gasteiger partial charge in [-0.25, -0.2) is 4.79 Å². The van der Waals surface area contributed by atoms with Crippen LogP contribution >= 0.6 is 15.9 Å². The first-order valence-corrected chi connectivity index (χ1v) is 10.3. The maximum absolute atomic E-state index is 13.0. The molecule has 2 N–H and O–H groups in total.